The van der Waals surface area contributed by atoms with Gasteiger partial charge in [0.2, 0.25) is 5.78 Å². The Kier molecular flexibility index (Phi) is 3.43. The zero-order chi connectivity index (χ0) is 12.3. The van der Waals surface area contributed by atoms with Crippen molar-refractivity contribution in [2.75, 3.05) is 0 Å². The maximum Gasteiger partial charge on any atom is 0.228 e. The van der Waals surface area contributed by atoms with Crippen molar-refractivity contribution in [1.29, 1.82) is 0 Å². The summed E-state index contributed by atoms with van der Waals surface area (Å²) in [4.78, 5) is 12.0. The number of rotatable bonds is 4. The molecular formula is C15H16O2. The first-order valence-electron chi connectivity index (χ1n) is 5.91. The molecule has 0 radical (unpaired) electrons. The van der Waals surface area contributed by atoms with E-state index in [-0.39, 0.29) is 5.78 Å². The minimum Gasteiger partial charge on any atom is -0.458 e. The lowest BCUT2D eigenvalue weighted by molar-refractivity contribution is 0.101. The highest BCUT2D eigenvalue weighted by molar-refractivity contribution is 6.07. The van der Waals surface area contributed by atoms with E-state index >= 15 is 0 Å². The van der Waals surface area contributed by atoms with Crippen LogP contribution in [0.4, 0.5) is 0 Å². The Morgan fingerprint density at radius 1 is 1.12 bits per heavy atom. The predicted molar refractivity (Wildman–Crippen MR) is 67.3 cm³/mol. The Bertz CT molecular complexity index is 506. The first-order chi connectivity index (χ1) is 8.20. The number of hydrogen-bond donors (Lipinski definition) is 0. The largest absolute Gasteiger partial charge is 0.458 e. The van der Waals surface area contributed by atoms with E-state index < -0.39 is 0 Å². The molecule has 0 bridgehead atoms. The lowest BCUT2D eigenvalue weighted by Crippen LogP contribution is -1.99. The quantitative estimate of drug-likeness (QED) is 0.745. The fourth-order valence-electron chi connectivity index (χ4n) is 1.81. The molecule has 0 spiro atoms. The summed E-state index contributed by atoms with van der Waals surface area (Å²) >= 11 is 0. The van der Waals surface area contributed by atoms with Crippen LogP contribution < -0.4 is 0 Å². The third kappa shape index (κ3) is 2.64. The van der Waals surface area contributed by atoms with Gasteiger partial charge >= 0.3 is 0 Å². The van der Waals surface area contributed by atoms with Gasteiger partial charge in [0, 0.05) is 5.56 Å². The smallest absolute Gasteiger partial charge is 0.228 e. The maximum atomic E-state index is 12.0. The fourth-order valence-corrected chi connectivity index (χ4v) is 1.81. The number of furan rings is 1. The van der Waals surface area contributed by atoms with Crippen LogP contribution in [0.1, 0.15) is 40.8 Å². The minimum absolute atomic E-state index is 0.0545. The molecule has 0 unspecified atom stereocenters. The molecule has 0 aliphatic rings. The van der Waals surface area contributed by atoms with Gasteiger partial charge in [-0.1, -0.05) is 37.6 Å². The van der Waals surface area contributed by atoms with E-state index in [1.807, 2.05) is 31.2 Å². The summed E-state index contributed by atoms with van der Waals surface area (Å²) in [5.41, 5.74) is 1.94. The van der Waals surface area contributed by atoms with Crippen molar-refractivity contribution in [3.63, 3.8) is 0 Å². The van der Waals surface area contributed by atoms with E-state index in [2.05, 4.69) is 6.92 Å². The minimum atomic E-state index is -0.0545. The highest BCUT2D eigenvalue weighted by Gasteiger charge is 2.12. The lowest BCUT2D eigenvalue weighted by atomic mass is 10.0. The van der Waals surface area contributed by atoms with Gasteiger partial charge < -0.3 is 4.42 Å². The van der Waals surface area contributed by atoms with Crippen molar-refractivity contribution in [2.24, 2.45) is 0 Å². The molecule has 0 atom stereocenters. The van der Waals surface area contributed by atoms with Gasteiger partial charge in [-0.25, -0.2) is 0 Å². The van der Waals surface area contributed by atoms with Crippen LogP contribution in [0.2, 0.25) is 0 Å². The van der Waals surface area contributed by atoms with E-state index in [4.69, 9.17) is 4.42 Å². The van der Waals surface area contributed by atoms with E-state index in [1.54, 1.807) is 12.1 Å². The first kappa shape index (κ1) is 11.6. The second-order valence-corrected chi connectivity index (χ2v) is 4.19. The summed E-state index contributed by atoms with van der Waals surface area (Å²) in [6, 6.07) is 11.3. The van der Waals surface area contributed by atoms with Crippen LogP contribution in [0, 0.1) is 6.92 Å². The van der Waals surface area contributed by atoms with Crippen molar-refractivity contribution in [3.05, 3.63) is 59.0 Å². The Morgan fingerprint density at radius 2 is 1.82 bits per heavy atom. The third-order valence-electron chi connectivity index (χ3n) is 2.72. The van der Waals surface area contributed by atoms with Crippen LogP contribution >= 0.6 is 0 Å². The van der Waals surface area contributed by atoms with Crippen LogP contribution in [0.5, 0.6) is 0 Å². The standard InChI is InChI=1S/C15H16O2/c1-3-4-12-6-8-13(9-7-12)15(16)14-10-5-11(2)17-14/h5-10H,3-4H2,1-2H3. The highest BCUT2D eigenvalue weighted by Crippen LogP contribution is 2.14. The molecule has 1 heterocycles. The van der Waals surface area contributed by atoms with Crippen LogP contribution in [0.25, 0.3) is 0 Å². The Morgan fingerprint density at radius 3 is 2.35 bits per heavy atom. The number of carbonyl (C=O) groups excluding carboxylic acids is 1. The number of benzene rings is 1. The Labute approximate surface area is 101 Å². The van der Waals surface area contributed by atoms with Gasteiger partial charge in [-0.15, -0.1) is 0 Å². The molecule has 0 saturated carbocycles. The molecule has 2 nitrogen and oxygen atoms in total. The van der Waals surface area contributed by atoms with Crippen molar-refractivity contribution >= 4 is 5.78 Å². The molecule has 17 heavy (non-hydrogen) atoms. The van der Waals surface area contributed by atoms with Gasteiger partial charge in [0.1, 0.15) is 5.76 Å². The molecule has 0 aliphatic heterocycles. The number of ketones is 1. The summed E-state index contributed by atoms with van der Waals surface area (Å²) in [5, 5.41) is 0. The molecule has 2 aromatic rings. The van der Waals surface area contributed by atoms with Crippen molar-refractivity contribution < 1.29 is 9.21 Å². The number of carbonyl (C=O) groups is 1. The summed E-state index contributed by atoms with van der Waals surface area (Å²) in [6.45, 7) is 3.98. The molecule has 0 fully saturated rings. The molecule has 2 heteroatoms. The lowest BCUT2D eigenvalue weighted by Gasteiger charge is -2.01. The maximum absolute atomic E-state index is 12.0. The fraction of sp³-hybridized carbons (Fsp3) is 0.267. The molecule has 0 amide bonds. The summed E-state index contributed by atoms with van der Waals surface area (Å²) in [6.07, 6.45) is 2.17. The average molecular weight is 228 g/mol. The molecule has 1 aromatic heterocycles. The van der Waals surface area contributed by atoms with E-state index in [0.29, 0.717) is 11.3 Å². The van der Waals surface area contributed by atoms with Crippen molar-refractivity contribution in [3.8, 4) is 0 Å². The molecular weight excluding hydrogens is 212 g/mol. The van der Waals surface area contributed by atoms with Crippen molar-refractivity contribution in [1.82, 2.24) is 0 Å². The molecule has 0 aliphatic carbocycles. The van der Waals surface area contributed by atoms with E-state index in [9.17, 15) is 4.79 Å². The topological polar surface area (TPSA) is 30.2 Å². The zero-order valence-corrected chi connectivity index (χ0v) is 10.2. The first-order valence-corrected chi connectivity index (χ1v) is 5.91. The summed E-state index contributed by atoms with van der Waals surface area (Å²) < 4.78 is 5.33. The van der Waals surface area contributed by atoms with Gasteiger partial charge in [-0.2, -0.15) is 0 Å². The van der Waals surface area contributed by atoms with Gasteiger partial charge in [-0.3, -0.25) is 4.79 Å². The van der Waals surface area contributed by atoms with E-state index in [0.717, 1.165) is 18.6 Å². The number of hydrogen-bond acceptors (Lipinski definition) is 2. The molecule has 0 saturated heterocycles. The van der Waals surface area contributed by atoms with Crippen LogP contribution in [-0.4, -0.2) is 5.78 Å². The van der Waals surface area contributed by atoms with Gasteiger partial charge in [-0.05, 0) is 31.0 Å². The van der Waals surface area contributed by atoms with Crippen LogP contribution in [-0.2, 0) is 6.42 Å². The Hall–Kier alpha value is -1.83. The van der Waals surface area contributed by atoms with Gasteiger partial charge in [0.25, 0.3) is 0 Å². The van der Waals surface area contributed by atoms with Crippen LogP contribution in [0.3, 0.4) is 0 Å². The van der Waals surface area contributed by atoms with Crippen molar-refractivity contribution in [2.45, 2.75) is 26.7 Å². The highest BCUT2D eigenvalue weighted by atomic mass is 16.3. The Balaban J connectivity index is 2.20. The summed E-state index contributed by atoms with van der Waals surface area (Å²) in [5.74, 6) is 1.11. The molecule has 2 rings (SSSR count). The number of aryl methyl sites for hydroxylation is 2. The van der Waals surface area contributed by atoms with Crippen LogP contribution in [0.15, 0.2) is 40.8 Å². The third-order valence-corrected chi connectivity index (χ3v) is 2.72. The normalized spacial score (nSPS) is 10.5. The van der Waals surface area contributed by atoms with Gasteiger partial charge in [0.15, 0.2) is 5.76 Å². The second kappa shape index (κ2) is 5.00. The van der Waals surface area contributed by atoms with Gasteiger partial charge in [0.05, 0.1) is 0 Å². The van der Waals surface area contributed by atoms with E-state index in [1.165, 1.54) is 5.56 Å². The molecule has 0 N–H and O–H groups in total. The monoisotopic (exact) mass is 228 g/mol. The molecule has 1 aromatic carbocycles. The predicted octanol–water partition coefficient (Wildman–Crippen LogP) is 3.77. The zero-order valence-electron chi connectivity index (χ0n) is 10.2. The SMILES string of the molecule is CCCc1ccc(C(=O)c2ccc(C)o2)cc1. The molecule has 88 valence electrons. The summed E-state index contributed by atoms with van der Waals surface area (Å²) in [7, 11) is 0. The second-order valence-electron chi connectivity index (χ2n) is 4.19. The average Bonchev–Trinajstić information content (AvgIpc) is 2.76.